The summed E-state index contributed by atoms with van der Waals surface area (Å²) in [4.78, 5) is 2.61. The summed E-state index contributed by atoms with van der Waals surface area (Å²) in [7, 11) is 0. The van der Waals surface area contributed by atoms with Crippen LogP contribution in [0.3, 0.4) is 0 Å². The predicted molar refractivity (Wildman–Crippen MR) is 91.9 cm³/mol. The third-order valence-electron chi connectivity index (χ3n) is 5.48. The van der Waals surface area contributed by atoms with Gasteiger partial charge in [0, 0.05) is 31.6 Å². The van der Waals surface area contributed by atoms with E-state index >= 15 is 0 Å². The van der Waals surface area contributed by atoms with Gasteiger partial charge in [0.25, 0.3) is 0 Å². The van der Waals surface area contributed by atoms with Gasteiger partial charge >= 0.3 is 0 Å². The summed E-state index contributed by atoms with van der Waals surface area (Å²) < 4.78 is 6.20. The molecule has 122 valence electrons. The summed E-state index contributed by atoms with van der Waals surface area (Å²) in [5.41, 5.74) is 3.35. The number of piperidine rings is 1. The van der Waals surface area contributed by atoms with Crippen LogP contribution in [-0.4, -0.2) is 36.7 Å². The molecule has 0 radical (unpaired) electrons. The van der Waals surface area contributed by atoms with E-state index in [9.17, 15) is 0 Å². The standard InChI is InChI=1S/C18H26N2O.ClH/c1-17(2)10-14-4-3-5-15(16(14)21-17)11-20-8-6-18(7-9-20)12-19-13-18;/h3-5,19H,6-13H2,1-2H3;1H. The van der Waals surface area contributed by atoms with Crippen LogP contribution in [0, 0.1) is 5.41 Å². The Bertz CT molecular complexity index is 544. The quantitative estimate of drug-likeness (QED) is 0.906. The molecule has 2 fully saturated rings. The average Bonchev–Trinajstić information content (AvgIpc) is 2.73. The van der Waals surface area contributed by atoms with Crippen molar-refractivity contribution in [3.8, 4) is 5.75 Å². The molecule has 1 N–H and O–H groups in total. The second-order valence-electron chi connectivity index (χ2n) is 7.82. The zero-order valence-corrected chi connectivity index (χ0v) is 14.5. The van der Waals surface area contributed by atoms with Gasteiger partial charge in [0.15, 0.2) is 0 Å². The third-order valence-corrected chi connectivity index (χ3v) is 5.48. The second-order valence-corrected chi connectivity index (χ2v) is 7.82. The Morgan fingerprint density at radius 2 is 1.91 bits per heavy atom. The largest absolute Gasteiger partial charge is 0.487 e. The minimum absolute atomic E-state index is 0. The van der Waals surface area contributed by atoms with Crippen molar-refractivity contribution in [2.24, 2.45) is 5.41 Å². The molecule has 0 bridgehead atoms. The molecule has 1 spiro atoms. The molecule has 0 atom stereocenters. The highest BCUT2D eigenvalue weighted by molar-refractivity contribution is 5.85. The first-order chi connectivity index (χ1) is 10.1. The molecule has 1 aromatic carbocycles. The molecule has 22 heavy (non-hydrogen) atoms. The van der Waals surface area contributed by atoms with Crippen LogP contribution in [0.5, 0.6) is 5.75 Å². The highest BCUT2D eigenvalue weighted by Gasteiger charge is 2.40. The highest BCUT2D eigenvalue weighted by Crippen LogP contribution is 2.39. The number of hydrogen-bond donors (Lipinski definition) is 1. The van der Waals surface area contributed by atoms with Crippen LogP contribution in [0.2, 0.25) is 0 Å². The number of rotatable bonds is 2. The van der Waals surface area contributed by atoms with E-state index in [-0.39, 0.29) is 18.0 Å². The summed E-state index contributed by atoms with van der Waals surface area (Å²) in [5, 5.41) is 3.44. The molecule has 3 aliphatic rings. The van der Waals surface area contributed by atoms with E-state index in [1.54, 1.807) is 0 Å². The summed E-state index contributed by atoms with van der Waals surface area (Å²) in [6.07, 6.45) is 3.73. The molecule has 2 saturated heterocycles. The van der Waals surface area contributed by atoms with E-state index in [1.165, 1.54) is 50.1 Å². The monoisotopic (exact) mass is 322 g/mol. The maximum absolute atomic E-state index is 6.20. The van der Waals surface area contributed by atoms with Crippen LogP contribution in [-0.2, 0) is 13.0 Å². The lowest BCUT2D eigenvalue weighted by Crippen LogP contribution is -2.58. The molecule has 0 amide bonds. The molecule has 0 unspecified atom stereocenters. The Hall–Kier alpha value is -0.770. The maximum atomic E-state index is 6.20. The third kappa shape index (κ3) is 2.86. The fourth-order valence-electron chi connectivity index (χ4n) is 4.06. The van der Waals surface area contributed by atoms with Crippen LogP contribution in [0.1, 0.15) is 37.8 Å². The van der Waals surface area contributed by atoms with Crippen molar-refractivity contribution in [2.45, 2.75) is 45.3 Å². The molecule has 3 nitrogen and oxygen atoms in total. The van der Waals surface area contributed by atoms with E-state index in [4.69, 9.17) is 4.74 Å². The van der Waals surface area contributed by atoms with E-state index in [2.05, 4.69) is 42.3 Å². The summed E-state index contributed by atoms with van der Waals surface area (Å²) in [5.74, 6) is 1.16. The molecular formula is C18H27ClN2O. The molecule has 0 aromatic heterocycles. The fraction of sp³-hybridized carbons (Fsp3) is 0.667. The minimum atomic E-state index is -0.0397. The Morgan fingerprint density at radius 1 is 1.18 bits per heavy atom. The predicted octanol–water partition coefficient (Wildman–Crippen LogP) is 3.01. The molecule has 3 heterocycles. The lowest BCUT2D eigenvalue weighted by molar-refractivity contribution is 0.0511. The van der Waals surface area contributed by atoms with Gasteiger partial charge in [0.05, 0.1) is 0 Å². The average molecular weight is 323 g/mol. The van der Waals surface area contributed by atoms with Gasteiger partial charge in [0.2, 0.25) is 0 Å². The SMILES string of the molecule is CC1(C)Cc2cccc(CN3CCC4(CC3)CNC4)c2O1.Cl. The first-order valence-electron chi connectivity index (χ1n) is 8.28. The Kier molecular flexibility index (Phi) is 4.17. The summed E-state index contributed by atoms with van der Waals surface area (Å²) in [6, 6.07) is 6.66. The van der Waals surface area contributed by atoms with Crippen LogP contribution in [0.4, 0.5) is 0 Å². The molecule has 4 heteroatoms. The van der Waals surface area contributed by atoms with Gasteiger partial charge in [0.1, 0.15) is 11.4 Å². The first-order valence-corrected chi connectivity index (χ1v) is 8.28. The van der Waals surface area contributed by atoms with Crippen molar-refractivity contribution in [2.75, 3.05) is 26.2 Å². The number of nitrogens with zero attached hydrogens (tertiary/aromatic N) is 1. The number of benzene rings is 1. The number of para-hydroxylation sites is 1. The molecule has 0 saturated carbocycles. The van der Waals surface area contributed by atoms with E-state index in [0.717, 1.165) is 18.7 Å². The number of ether oxygens (including phenoxy) is 1. The normalized spacial score (nSPS) is 25.0. The van der Waals surface area contributed by atoms with E-state index in [1.807, 2.05) is 0 Å². The molecule has 0 aliphatic carbocycles. The van der Waals surface area contributed by atoms with Gasteiger partial charge < -0.3 is 10.1 Å². The van der Waals surface area contributed by atoms with Crippen molar-refractivity contribution >= 4 is 12.4 Å². The van der Waals surface area contributed by atoms with E-state index in [0.29, 0.717) is 5.41 Å². The van der Waals surface area contributed by atoms with Crippen molar-refractivity contribution in [3.63, 3.8) is 0 Å². The van der Waals surface area contributed by atoms with Crippen molar-refractivity contribution in [1.29, 1.82) is 0 Å². The molecule has 3 aliphatic heterocycles. The first kappa shape index (κ1) is 16.1. The number of hydrogen-bond acceptors (Lipinski definition) is 3. The van der Waals surface area contributed by atoms with Gasteiger partial charge in [-0.2, -0.15) is 0 Å². The Labute approximate surface area is 139 Å². The topological polar surface area (TPSA) is 24.5 Å². The lowest BCUT2D eigenvalue weighted by atomic mass is 9.73. The molecule has 1 aromatic rings. The van der Waals surface area contributed by atoms with E-state index < -0.39 is 0 Å². The van der Waals surface area contributed by atoms with Crippen LogP contribution in [0.25, 0.3) is 0 Å². The second kappa shape index (κ2) is 5.70. The number of fused-ring (bicyclic) bond motifs is 1. The van der Waals surface area contributed by atoms with Crippen LogP contribution in [0.15, 0.2) is 18.2 Å². The van der Waals surface area contributed by atoms with Crippen LogP contribution >= 0.6 is 12.4 Å². The van der Waals surface area contributed by atoms with Crippen molar-refractivity contribution < 1.29 is 4.74 Å². The summed E-state index contributed by atoms with van der Waals surface area (Å²) in [6.45, 7) is 10.3. The van der Waals surface area contributed by atoms with Gasteiger partial charge in [-0.05, 0) is 50.8 Å². The lowest BCUT2D eigenvalue weighted by Gasteiger charge is -2.48. The highest BCUT2D eigenvalue weighted by atomic mass is 35.5. The van der Waals surface area contributed by atoms with Crippen molar-refractivity contribution in [3.05, 3.63) is 29.3 Å². The van der Waals surface area contributed by atoms with Gasteiger partial charge in [-0.3, -0.25) is 4.90 Å². The zero-order chi connectivity index (χ0) is 14.5. The summed E-state index contributed by atoms with van der Waals surface area (Å²) >= 11 is 0. The number of likely N-dealkylation sites (tertiary alicyclic amines) is 1. The number of nitrogens with one attached hydrogen (secondary N) is 1. The van der Waals surface area contributed by atoms with Gasteiger partial charge in [-0.1, -0.05) is 18.2 Å². The van der Waals surface area contributed by atoms with Gasteiger partial charge in [-0.25, -0.2) is 0 Å². The number of halogens is 1. The maximum Gasteiger partial charge on any atom is 0.127 e. The smallest absolute Gasteiger partial charge is 0.127 e. The molecular weight excluding hydrogens is 296 g/mol. The van der Waals surface area contributed by atoms with Crippen molar-refractivity contribution in [1.82, 2.24) is 10.2 Å². The Balaban J connectivity index is 0.00000144. The molecule has 4 rings (SSSR count). The Morgan fingerprint density at radius 3 is 2.55 bits per heavy atom. The zero-order valence-electron chi connectivity index (χ0n) is 13.7. The van der Waals surface area contributed by atoms with Gasteiger partial charge in [-0.15, -0.1) is 12.4 Å². The van der Waals surface area contributed by atoms with Crippen LogP contribution < -0.4 is 10.1 Å². The minimum Gasteiger partial charge on any atom is -0.487 e. The fourth-order valence-corrected chi connectivity index (χ4v) is 4.06.